The Morgan fingerprint density at radius 2 is 1.85 bits per heavy atom. The van der Waals surface area contributed by atoms with Crippen molar-refractivity contribution in [3.05, 3.63) is 59.1 Å². The molecule has 7 heteroatoms. The number of nitrogens with one attached hydrogen (secondary N) is 2. The van der Waals surface area contributed by atoms with Crippen molar-refractivity contribution in [1.82, 2.24) is 15.4 Å². The Bertz CT molecular complexity index is 613. The van der Waals surface area contributed by atoms with Gasteiger partial charge in [-0.05, 0) is 23.8 Å². The number of rotatable bonds is 4. The van der Waals surface area contributed by atoms with Crippen LogP contribution in [0.25, 0.3) is 6.08 Å². The van der Waals surface area contributed by atoms with E-state index in [1.165, 1.54) is 30.6 Å². The van der Waals surface area contributed by atoms with Gasteiger partial charge in [0.25, 0.3) is 5.91 Å². The largest absolute Gasteiger partial charge is 0.268 e. The summed E-state index contributed by atoms with van der Waals surface area (Å²) in [6.07, 6.45) is 5.66. The molecule has 2 rings (SSSR count). The average Bonchev–Trinajstić information content (AvgIpc) is 2.46. The molecule has 0 aliphatic heterocycles. The minimum absolute atomic E-state index is 0.220. The second kappa shape index (κ2) is 6.63. The fourth-order valence-corrected chi connectivity index (χ4v) is 1.38. The first-order chi connectivity index (χ1) is 9.63. The Labute approximate surface area is 119 Å². The summed E-state index contributed by atoms with van der Waals surface area (Å²) in [6, 6.07) is 5.76. The molecule has 0 bridgehead atoms. The summed E-state index contributed by atoms with van der Waals surface area (Å²) in [5.74, 6) is -0.501. The van der Waals surface area contributed by atoms with Crippen LogP contribution >= 0.6 is 11.6 Å². The molecule has 2 N–H and O–H groups in total. The lowest BCUT2D eigenvalue weighted by Gasteiger charge is -2.03. The maximum absolute atomic E-state index is 12.7. The van der Waals surface area contributed by atoms with Crippen molar-refractivity contribution in [2.75, 3.05) is 5.43 Å². The molecule has 1 heterocycles. The lowest BCUT2D eigenvalue weighted by atomic mass is 10.2. The average molecular weight is 293 g/mol. The van der Waals surface area contributed by atoms with E-state index in [1.807, 2.05) is 0 Å². The van der Waals surface area contributed by atoms with E-state index in [0.717, 1.165) is 0 Å². The summed E-state index contributed by atoms with van der Waals surface area (Å²) >= 11 is 5.63. The smallest absolute Gasteiger partial charge is 0.262 e. The Hall–Kier alpha value is -2.47. The molecule has 20 heavy (non-hydrogen) atoms. The van der Waals surface area contributed by atoms with Crippen LogP contribution in [-0.2, 0) is 4.79 Å². The first-order valence-electron chi connectivity index (χ1n) is 5.61. The van der Waals surface area contributed by atoms with E-state index >= 15 is 0 Å². The quantitative estimate of drug-likeness (QED) is 0.671. The van der Waals surface area contributed by atoms with Crippen molar-refractivity contribution >= 4 is 29.5 Å². The Kier molecular flexibility index (Phi) is 4.62. The summed E-state index contributed by atoms with van der Waals surface area (Å²) in [5, 5.41) is 0.401. The van der Waals surface area contributed by atoms with Crippen LogP contribution in [0.1, 0.15) is 5.56 Å². The molecule has 0 spiro atoms. The number of nitrogens with zero attached hydrogens (tertiary/aromatic N) is 2. The molecular formula is C13H10ClFN4O. The zero-order chi connectivity index (χ0) is 14.4. The minimum atomic E-state index is -0.395. The third-order valence-corrected chi connectivity index (χ3v) is 2.41. The molecule has 5 nitrogen and oxygen atoms in total. The van der Waals surface area contributed by atoms with Gasteiger partial charge in [0, 0.05) is 6.08 Å². The van der Waals surface area contributed by atoms with E-state index in [-0.39, 0.29) is 11.8 Å². The number of carbonyl (C=O) groups excluding carboxylic acids is 1. The van der Waals surface area contributed by atoms with Crippen molar-refractivity contribution in [3.63, 3.8) is 0 Å². The lowest BCUT2D eigenvalue weighted by Crippen LogP contribution is -2.28. The van der Waals surface area contributed by atoms with E-state index in [2.05, 4.69) is 20.8 Å². The highest BCUT2D eigenvalue weighted by atomic mass is 35.5. The van der Waals surface area contributed by atoms with Crippen LogP contribution in [0.2, 0.25) is 5.02 Å². The highest BCUT2D eigenvalue weighted by molar-refractivity contribution is 6.30. The van der Waals surface area contributed by atoms with E-state index in [1.54, 1.807) is 18.2 Å². The van der Waals surface area contributed by atoms with Crippen LogP contribution in [0.15, 0.2) is 42.7 Å². The number of hydrogen-bond donors (Lipinski definition) is 2. The van der Waals surface area contributed by atoms with Gasteiger partial charge in [0.05, 0.1) is 17.4 Å². The van der Waals surface area contributed by atoms with Gasteiger partial charge >= 0.3 is 0 Å². The third kappa shape index (κ3) is 4.33. The molecule has 1 aromatic heterocycles. The van der Waals surface area contributed by atoms with Gasteiger partial charge in [0.1, 0.15) is 5.82 Å². The van der Waals surface area contributed by atoms with Gasteiger partial charge in [0.15, 0.2) is 0 Å². The molecule has 0 fully saturated rings. The molecule has 0 aliphatic carbocycles. The molecule has 2 aromatic rings. The Morgan fingerprint density at radius 3 is 2.50 bits per heavy atom. The van der Waals surface area contributed by atoms with Crippen molar-refractivity contribution in [2.24, 2.45) is 0 Å². The van der Waals surface area contributed by atoms with Crippen LogP contribution < -0.4 is 10.9 Å². The number of anilines is 1. The number of hydrogen-bond acceptors (Lipinski definition) is 4. The van der Waals surface area contributed by atoms with Crippen LogP contribution in [0.3, 0.4) is 0 Å². The summed E-state index contributed by atoms with van der Waals surface area (Å²) in [6.45, 7) is 0. The molecule has 102 valence electrons. The normalized spacial score (nSPS) is 10.5. The molecule has 0 saturated carbocycles. The Balaban J connectivity index is 1.86. The van der Waals surface area contributed by atoms with Gasteiger partial charge in [0.2, 0.25) is 5.95 Å². The van der Waals surface area contributed by atoms with E-state index in [9.17, 15) is 9.18 Å². The van der Waals surface area contributed by atoms with Crippen molar-refractivity contribution in [3.8, 4) is 0 Å². The summed E-state index contributed by atoms with van der Waals surface area (Å²) in [4.78, 5) is 19.2. The van der Waals surface area contributed by atoms with Crippen LogP contribution in [0.5, 0.6) is 0 Å². The second-order valence-corrected chi connectivity index (χ2v) is 4.16. The second-order valence-electron chi connectivity index (χ2n) is 3.72. The first-order valence-corrected chi connectivity index (χ1v) is 5.98. The van der Waals surface area contributed by atoms with Gasteiger partial charge in [-0.2, -0.15) is 0 Å². The van der Waals surface area contributed by atoms with Gasteiger partial charge in [-0.3, -0.25) is 15.6 Å². The van der Waals surface area contributed by atoms with Crippen molar-refractivity contribution in [2.45, 2.75) is 0 Å². The number of aromatic nitrogens is 2. The molecule has 0 radical (unpaired) electrons. The zero-order valence-electron chi connectivity index (χ0n) is 10.2. The standard InChI is InChI=1S/C13H10ClFN4O/c14-10-7-16-13(17-8-10)19-18-12(20)6-3-9-1-4-11(15)5-2-9/h1-8H,(H,18,20)(H,16,17,19). The summed E-state index contributed by atoms with van der Waals surface area (Å²) in [7, 11) is 0. The molecule has 0 unspecified atom stereocenters. The maximum atomic E-state index is 12.7. The number of amides is 1. The van der Waals surface area contributed by atoms with E-state index < -0.39 is 5.91 Å². The maximum Gasteiger partial charge on any atom is 0.262 e. The SMILES string of the molecule is O=C(C=Cc1ccc(F)cc1)NNc1ncc(Cl)cn1. The highest BCUT2D eigenvalue weighted by Gasteiger charge is 1.98. The fraction of sp³-hybridized carbons (Fsp3) is 0. The molecular weight excluding hydrogens is 283 g/mol. The number of hydrazine groups is 1. The molecule has 0 saturated heterocycles. The zero-order valence-corrected chi connectivity index (χ0v) is 10.9. The predicted molar refractivity (Wildman–Crippen MR) is 74.2 cm³/mol. The summed E-state index contributed by atoms with van der Waals surface area (Å²) in [5.41, 5.74) is 5.62. The fourth-order valence-electron chi connectivity index (χ4n) is 1.28. The number of benzene rings is 1. The van der Waals surface area contributed by atoms with E-state index in [4.69, 9.17) is 11.6 Å². The van der Waals surface area contributed by atoms with Crippen molar-refractivity contribution < 1.29 is 9.18 Å². The van der Waals surface area contributed by atoms with Crippen LogP contribution in [0.4, 0.5) is 10.3 Å². The number of halogens is 2. The molecule has 0 atom stereocenters. The highest BCUT2D eigenvalue weighted by Crippen LogP contribution is 2.05. The lowest BCUT2D eigenvalue weighted by molar-refractivity contribution is -0.116. The van der Waals surface area contributed by atoms with Crippen LogP contribution in [0, 0.1) is 5.82 Å². The topological polar surface area (TPSA) is 66.9 Å². The van der Waals surface area contributed by atoms with Gasteiger partial charge in [-0.1, -0.05) is 23.7 Å². The van der Waals surface area contributed by atoms with Gasteiger partial charge < -0.3 is 0 Å². The van der Waals surface area contributed by atoms with Crippen LogP contribution in [-0.4, -0.2) is 15.9 Å². The number of carbonyl (C=O) groups is 1. The van der Waals surface area contributed by atoms with Crippen molar-refractivity contribution in [1.29, 1.82) is 0 Å². The third-order valence-electron chi connectivity index (χ3n) is 2.21. The molecule has 1 amide bonds. The monoisotopic (exact) mass is 292 g/mol. The minimum Gasteiger partial charge on any atom is -0.268 e. The van der Waals surface area contributed by atoms with Gasteiger partial charge in [-0.25, -0.2) is 14.4 Å². The first kappa shape index (κ1) is 14.0. The molecule has 1 aromatic carbocycles. The molecule has 0 aliphatic rings. The Morgan fingerprint density at radius 1 is 1.20 bits per heavy atom. The van der Waals surface area contributed by atoms with Gasteiger partial charge in [-0.15, -0.1) is 0 Å². The predicted octanol–water partition coefficient (Wildman–Crippen LogP) is 2.43. The summed E-state index contributed by atoms with van der Waals surface area (Å²) < 4.78 is 12.7. The van der Waals surface area contributed by atoms with E-state index in [0.29, 0.717) is 10.6 Å².